The Balaban J connectivity index is 1.55. The predicted molar refractivity (Wildman–Crippen MR) is 128 cm³/mol. The number of hydrogen-bond donors (Lipinski definition) is 1. The molecule has 3 rings (SSSR count). The van der Waals surface area contributed by atoms with E-state index in [0.717, 1.165) is 6.42 Å². The fraction of sp³-hybridized carbons (Fsp3) is 0.192. The molecule has 0 saturated heterocycles. The molecule has 34 heavy (non-hydrogen) atoms. The van der Waals surface area contributed by atoms with Crippen molar-refractivity contribution in [3.8, 4) is 23.0 Å². The number of hydrazone groups is 1. The number of methoxy groups -OCH3 is 1. The molecule has 0 aliphatic rings. The average Bonchev–Trinajstić information content (AvgIpc) is 2.87. The summed E-state index contributed by atoms with van der Waals surface area (Å²) in [4.78, 5) is 24.4. The number of para-hydroxylation sites is 1. The molecule has 0 radical (unpaired) electrons. The Labute approximate surface area is 198 Å². The van der Waals surface area contributed by atoms with Crippen LogP contribution in [0.4, 0.5) is 0 Å². The number of nitrogens with zero attached hydrogens (tertiary/aromatic N) is 1. The fourth-order valence-corrected chi connectivity index (χ4v) is 2.79. The predicted octanol–water partition coefficient (Wildman–Crippen LogP) is 4.23. The minimum absolute atomic E-state index is 0.161. The maximum absolute atomic E-state index is 12.5. The summed E-state index contributed by atoms with van der Waals surface area (Å²) in [6.07, 6.45) is 2.35. The van der Waals surface area contributed by atoms with Gasteiger partial charge in [0.25, 0.3) is 5.91 Å². The zero-order valence-electron chi connectivity index (χ0n) is 19.0. The Kier molecular flexibility index (Phi) is 9.04. The second kappa shape index (κ2) is 12.6. The zero-order chi connectivity index (χ0) is 24.2. The molecule has 0 heterocycles. The van der Waals surface area contributed by atoms with E-state index in [0.29, 0.717) is 35.0 Å². The van der Waals surface area contributed by atoms with Crippen LogP contribution in [0, 0.1) is 0 Å². The highest BCUT2D eigenvalue weighted by atomic mass is 16.6. The van der Waals surface area contributed by atoms with Crippen molar-refractivity contribution in [2.24, 2.45) is 5.10 Å². The summed E-state index contributed by atoms with van der Waals surface area (Å²) in [5, 5.41) is 3.92. The molecule has 0 aromatic heterocycles. The molecule has 0 fully saturated rings. The first-order valence-electron chi connectivity index (χ1n) is 10.7. The van der Waals surface area contributed by atoms with E-state index >= 15 is 0 Å². The van der Waals surface area contributed by atoms with Crippen LogP contribution >= 0.6 is 0 Å². The van der Waals surface area contributed by atoms with Crippen molar-refractivity contribution in [3.05, 3.63) is 83.9 Å². The van der Waals surface area contributed by atoms with Crippen molar-refractivity contribution < 1.29 is 28.5 Å². The molecule has 0 aliphatic heterocycles. The van der Waals surface area contributed by atoms with Gasteiger partial charge in [0.2, 0.25) is 0 Å². The van der Waals surface area contributed by atoms with Crippen molar-refractivity contribution in [3.63, 3.8) is 0 Å². The van der Waals surface area contributed by atoms with Crippen LogP contribution in [0.1, 0.15) is 29.3 Å². The van der Waals surface area contributed by atoms with Crippen molar-refractivity contribution in [1.82, 2.24) is 5.43 Å². The van der Waals surface area contributed by atoms with E-state index in [1.807, 2.05) is 25.1 Å². The number of carbonyl (C=O) groups is 2. The first-order valence-corrected chi connectivity index (χ1v) is 10.7. The van der Waals surface area contributed by atoms with Crippen molar-refractivity contribution in [2.45, 2.75) is 13.3 Å². The van der Waals surface area contributed by atoms with Crippen LogP contribution in [0.3, 0.4) is 0 Å². The molecule has 8 heteroatoms. The molecule has 3 aromatic rings. The van der Waals surface area contributed by atoms with Gasteiger partial charge in [-0.1, -0.05) is 25.1 Å². The summed E-state index contributed by atoms with van der Waals surface area (Å²) < 4.78 is 21.7. The Hall–Kier alpha value is -4.33. The van der Waals surface area contributed by atoms with E-state index in [2.05, 4.69) is 10.5 Å². The van der Waals surface area contributed by atoms with Gasteiger partial charge in [-0.25, -0.2) is 10.2 Å². The van der Waals surface area contributed by atoms with E-state index < -0.39 is 11.9 Å². The van der Waals surface area contributed by atoms with Crippen LogP contribution in [0.5, 0.6) is 23.0 Å². The zero-order valence-corrected chi connectivity index (χ0v) is 19.0. The SMILES string of the molecule is CCCOc1ccc(C(=O)Oc2ccc(C=NNC(=O)COc3ccccc3)cc2OC)cc1. The lowest BCUT2D eigenvalue weighted by molar-refractivity contribution is -0.123. The van der Waals surface area contributed by atoms with E-state index in [4.69, 9.17) is 18.9 Å². The van der Waals surface area contributed by atoms with Crippen molar-refractivity contribution in [2.75, 3.05) is 20.3 Å². The van der Waals surface area contributed by atoms with Crippen LogP contribution < -0.4 is 24.4 Å². The summed E-state index contributed by atoms with van der Waals surface area (Å²) in [5.41, 5.74) is 3.42. The van der Waals surface area contributed by atoms with E-state index in [-0.39, 0.29) is 12.4 Å². The van der Waals surface area contributed by atoms with Crippen LogP contribution in [0.15, 0.2) is 77.9 Å². The van der Waals surface area contributed by atoms with Crippen LogP contribution in [-0.2, 0) is 4.79 Å². The normalized spacial score (nSPS) is 10.5. The third-order valence-electron chi connectivity index (χ3n) is 4.47. The lowest BCUT2D eigenvalue weighted by Gasteiger charge is -2.10. The van der Waals surface area contributed by atoms with Crippen molar-refractivity contribution in [1.29, 1.82) is 0 Å². The number of nitrogens with one attached hydrogen (secondary N) is 1. The first-order chi connectivity index (χ1) is 16.6. The third kappa shape index (κ3) is 7.37. The number of rotatable bonds is 11. The molecule has 1 amide bonds. The minimum atomic E-state index is -0.521. The van der Waals surface area contributed by atoms with Gasteiger partial charge in [-0.3, -0.25) is 4.79 Å². The number of benzene rings is 3. The molecule has 0 unspecified atom stereocenters. The van der Waals surface area contributed by atoms with Crippen LogP contribution in [-0.4, -0.2) is 38.4 Å². The molecular weight excluding hydrogens is 436 g/mol. The smallest absolute Gasteiger partial charge is 0.343 e. The number of hydrogen-bond acceptors (Lipinski definition) is 7. The maximum atomic E-state index is 12.5. The van der Waals surface area contributed by atoms with Crippen LogP contribution in [0.25, 0.3) is 0 Å². The highest BCUT2D eigenvalue weighted by Crippen LogP contribution is 2.28. The number of ether oxygens (including phenoxy) is 4. The highest BCUT2D eigenvalue weighted by molar-refractivity contribution is 5.92. The van der Waals surface area contributed by atoms with Gasteiger partial charge in [0.1, 0.15) is 11.5 Å². The number of carbonyl (C=O) groups excluding carboxylic acids is 2. The number of esters is 1. The summed E-state index contributed by atoms with van der Waals surface area (Å²) in [7, 11) is 1.47. The molecule has 0 saturated carbocycles. The molecule has 0 bridgehead atoms. The van der Waals surface area contributed by atoms with Gasteiger partial charge in [0.05, 0.1) is 25.5 Å². The number of amides is 1. The largest absolute Gasteiger partial charge is 0.494 e. The highest BCUT2D eigenvalue weighted by Gasteiger charge is 2.13. The van der Waals surface area contributed by atoms with E-state index in [9.17, 15) is 9.59 Å². The van der Waals surface area contributed by atoms with Gasteiger partial charge in [-0.05, 0) is 66.6 Å². The van der Waals surface area contributed by atoms with Gasteiger partial charge in [-0.2, -0.15) is 5.10 Å². The molecule has 0 spiro atoms. The summed E-state index contributed by atoms with van der Waals surface area (Å²) >= 11 is 0. The molecule has 1 N–H and O–H groups in total. The lowest BCUT2D eigenvalue weighted by Crippen LogP contribution is -2.24. The summed E-state index contributed by atoms with van der Waals surface area (Å²) in [5.74, 6) is 0.974. The Morgan fingerprint density at radius 2 is 1.65 bits per heavy atom. The minimum Gasteiger partial charge on any atom is -0.494 e. The molecular formula is C26H26N2O6. The lowest BCUT2D eigenvalue weighted by atomic mass is 10.2. The Morgan fingerprint density at radius 3 is 2.35 bits per heavy atom. The van der Waals surface area contributed by atoms with E-state index in [1.54, 1.807) is 54.6 Å². The molecule has 0 atom stereocenters. The van der Waals surface area contributed by atoms with Gasteiger partial charge < -0.3 is 18.9 Å². The standard InChI is InChI=1S/C26H26N2O6/c1-3-15-32-22-12-10-20(11-13-22)26(30)34-23-14-9-19(16-24(23)31-2)17-27-28-25(29)18-33-21-7-5-4-6-8-21/h4-14,16-17H,3,15,18H2,1-2H3,(H,28,29). The fourth-order valence-electron chi connectivity index (χ4n) is 2.79. The molecule has 8 nitrogen and oxygen atoms in total. The van der Waals surface area contributed by atoms with Crippen LogP contribution in [0.2, 0.25) is 0 Å². The van der Waals surface area contributed by atoms with E-state index in [1.165, 1.54) is 13.3 Å². The second-order valence-corrected chi connectivity index (χ2v) is 7.07. The molecule has 176 valence electrons. The quantitative estimate of drug-likeness (QED) is 0.198. The summed E-state index contributed by atoms with van der Waals surface area (Å²) in [6.45, 7) is 2.47. The van der Waals surface area contributed by atoms with Gasteiger partial charge in [0, 0.05) is 0 Å². The van der Waals surface area contributed by atoms with Gasteiger partial charge in [-0.15, -0.1) is 0 Å². The third-order valence-corrected chi connectivity index (χ3v) is 4.47. The Bertz CT molecular complexity index is 1110. The maximum Gasteiger partial charge on any atom is 0.343 e. The molecule has 3 aromatic carbocycles. The van der Waals surface area contributed by atoms with Gasteiger partial charge in [0.15, 0.2) is 18.1 Å². The Morgan fingerprint density at radius 1 is 0.912 bits per heavy atom. The summed E-state index contributed by atoms with van der Waals surface area (Å²) in [6, 6.07) is 20.7. The average molecular weight is 463 g/mol. The second-order valence-electron chi connectivity index (χ2n) is 7.07. The monoisotopic (exact) mass is 462 g/mol. The molecule has 0 aliphatic carbocycles. The first kappa shape index (κ1) is 24.3. The topological polar surface area (TPSA) is 95.5 Å². The van der Waals surface area contributed by atoms with Crippen molar-refractivity contribution >= 4 is 18.1 Å². The van der Waals surface area contributed by atoms with Gasteiger partial charge >= 0.3 is 5.97 Å².